The Morgan fingerprint density at radius 1 is 0.941 bits per heavy atom. The van der Waals surface area contributed by atoms with Gasteiger partial charge in [0.2, 0.25) is 0 Å². The molecule has 2 saturated heterocycles. The van der Waals surface area contributed by atoms with Crippen molar-refractivity contribution in [3.05, 3.63) is 102 Å². The van der Waals surface area contributed by atoms with Crippen molar-refractivity contribution in [2.45, 2.75) is 11.6 Å². The van der Waals surface area contributed by atoms with Crippen molar-refractivity contribution in [1.29, 1.82) is 0 Å². The minimum Gasteiger partial charge on any atom is -0.431 e. The number of nitrogens with zero attached hydrogens (tertiary/aromatic N) is 2. The molecule has 0 radical (unpaired) electrons. The molecule has 2 N–H and O–H groups in total. The van der Waals surface area contributed by atoms with Crippen molar-refractivity contribution >= 4 is 28.7 Å². The number of hydrogen-bond donors (Lipinski definition) is 2. The van der Waals surface area contributed by atoms with Gasteiger partial charge in [-0.05, 0) is 24.3 Å². The van der Waals surface area contributed by atoms with E-state index in [0.29, 0.717) is 19.6 Å². The Hall–Kier alpha value is -4.26. The number of aromatic nitrogens is 1. The van der Waals surface area contributed by atoms with E-state index < -0.39 is 5.60 Å². The highest BCUT2D eigenvalue weighted by Crippen LogP contribution is 2.45. The number of benzene rings is 3. The summed E-state index contributed by atoms with van der Waals surface area (Å²) in [5.74, 6) is 0. The van der Waals surface area contributed by atoms with E-state index in [2.05, 4.69) is 10.3 Å². The zero-order valence-corrected chi connectivity index (χ0v) is 18.5. The largest absolute Gasteiger partial charge is 0.431 e. The van der Waals surface area contributed by atoms with Gasteiger partial charge in [0.15, 0.2) is 5.60 Å². The lowest BCUT2D eigenvalue weighted by molar-refractivity contribution is 0.0525. The van der Waals surface area contributed by atoms with E-state index >= 15 is 0 Å². The van der Waals surface area contributed by atoms with E-state index in [1.807, 2.05) is 91.1 Å². The molecule has 1 unspecified atom stereocenters. The van der Waals surface area contributed by atoms with Crippen LogP contribution in [-0.4, -0.2) is 52.6 Å². The maximum Gasteiger partial charge on any atom is 0.411 e. The van der Waals surface area contributed by atoms with Crippen LogP contribution in [0.15, 0.2) is 91.1 Å². The number of nitrogens with one attached hydrogen (secondary N) is 2. The SMILES string of the molecule is O=C(Nc1ccc2[nH]ccc2c1)N1CCN2C(=O)OC(c3ccccc3)(c3ccccc3)C2C1. The Kier molecular flexibility index (Phi) is 4.76. The van der Waals surface area contributed by atoms with E-state index in [-0.39, 0.29) is 18.2 Å². The normalized spacial score (nSPS) is 19.1. The van der Waals surface area contributed by atoms with Gasteiger partial charge in [-0.2, -0.15) is 0 Å². The first-order chi connectivity index (χ1) is 16.6. The number of ether oxygens (including phenoxy) is 1. The van der Waals surface area contributed by atoms with E-state index in [1.165, 1.54) is 0 Å². The number of urea groups is 1. The van der Waals surface area contributed by atoms with Gasteiger partial charge in [-0.25, -0.2) is 9.59 Å². The molecule has 0 bridgehead atoms. The third-order valence-electron chi connectivity index (χ3n) is 6.83. The summed E-state index contributed by atoms with van der Waals surface area (Å²) < 4.78 is 6.18. The first-order valence-corrected chi connectivity index (χ1v) is 11.4. The summed E-state index contributed by atoms with van der Waals surface area (Å²) in [6.07, 6.45) is 1.52. The fraction of sp³-hybridized carbons (Fsp3) is 0.185. The van der Waals surface area contributed by atoms with E-state index in [0.717, 1.165) is 27.7 Å². The van der Waals surface area contributed by atoms with Crippen LogP contribution < -0.4 is 5.32 Å². The second-order valence-corrected chi connectivity index (χ2v) is 8.70. The summed E-state index contributed by atoms with van der Waals surface area (Å²) in [6, 6.07) is 26.8. The molecule has 3 heterocycles. The highest BCUT2D eigenvalue weighted by molar-refractivity contribution is 5.93. The summed E-state index contributed by atoms with van der Waals surface area (Å²) in [7, 11) is 0. The second-order valence-electron chi connectivity index (χ2n) is 8.70. The number of rotatable bonds is 3. The Labute approximate surface area is 196 Å². The van der Waals surface area contributed by atoms with Gasteiger partial charge in [0, 0.05) is 53.5 Å². The first kappa shape index (κ1) is 20.4. The lowest BCUT2D eigenvalue weighted by atomic mass is 9.79. The molecule has 3 aromatic carbocycles. The van der Waals surface area contributed by atoms with Gasteiger partial charge in [-0.3, -0.25) is 4.90 Å². The van der Waals surface area contributed by atoms with Crippen LogP contribution in [0.25, 0.3) is 10.9 Å². The lowest BCUT2D eigenvalue weighted by Gasteiger charge is -2.42. The zero-order chi connectivity index (χ0) is 23.1. The van der Waals surface area contributed by atoms with Crippen LogP contribution >= 0.6 is 0 Å². The fourth-order valence-electron chi connectivity index (χ4n) is 5.17. The molecule has 2 fully saturated rings. The average Bonchev–Trinajstić information content (AvgIpc) is 3.47. The molecule has 4 aromatic rings. The summed E-state index contributed by atoms with van der Waals surface area (Å²) in [6.45, 7) is 1.20. The number of fused-ring (bicyclic) bond motifs is 2. The molecule has 6 rings (SSSR count). The molecule has 0 spiro atoms. The highest BCUT2D eigenvalue weighted by atomic mass is 16.6. The molecule has 170 valence electrons. The van der Waals surface area contributed by atoms with Crippen LogP contribution in [0.4, 0.5) is 15.3 Å². The van der Waals surface area contributed by atoms with Gasteiger partial charge in [0.05, 0.1) is 0 Å². The quantitative estimate of drug-likeness (QED) is 0.470. The van der Waals surface area contributed by atoms with Gasteiger partial charge in [-0.1, -0.05) is 60.7 Å². The van der Waals surface area contributed by atoms with Gasteiger partial charge < -0.3 is 19.9 Å². The summed E-state index contributed by atoms with van der Waals surface area (Å²) in [5.41, 5.74) is 2.53. The smallest absolute Gasteiger partial charge is 0.411 e. The summed E-state index contributed by atoms with van der Waals surface area (Å²) in [5, 5.41) is 4.05. The van der Waals surface area contributed by atoms with Crippen LogP contribution in [-0.2, 0) is 10.3 Å². The minimum atomic E-state index is -0.997. The number of carbonyl (C=O) groups excluding carboxylic acids is 2. The molecule has 2 aliphatic rings. The predicted molar refractivity (Wildman–Crippen MR) is 130 cm³/mol. The predicted octanol–water partition coefficient (Wildman–Crippen LogP) is 4.78. The lowest BCUT2D eigenvalue weighted by Crippen LogP contribution is -2.59. The van der Waals surface area contributed by atoms with Crippen molar-refractivity contribution in [2.24, 2.45) is 0 Å². The number of carbonyl (C=O) groups is 2. The van der Waals surface area contributed by atoms with Crippen molar-refractivity contribution < 1.29 is 14.3 Å². The summed E-state index contributed by atoms with van der Waals surface area (Å²) >= 11 is 0. The van der Waals surface area contributed by atoms with Gasteiger partial charge in [0.25, 0.3) is 0 Å². The first-order valence-electron chi connectivity index (χ1n) is 11.4. The monoisotopic (exact) mass is 452 g/mol. The standard InChI is InChI=1S/C27H24N4O3/c32-25(29-22-11-12-23-19(17-22)13-14-28-23)30-15-16-31-24(18-30)27(34-26(31)33,20-7-3-1-4-8-20)21-9-5-2-6-10-21/h1-14,17,24,28H,15-16,18H2,(H,29,32). The molecule has 1 atom stereocenters. The molecular weight excluding hydrogens is 428 g/mol. The molecule has 0 aliphatic carbocycles. The molecule has 1 aromatic heterocycles. The average molecular weight is 453 g/mol. The van der Waals surface area contributed by atoms with Crippen molar-refractivity contribution in [3.63, 3.8) is 0 Å². The van der Waals surface area contributed by atoms with Gasteiger partial charge >= 0.3 is 12.1 Å². The van der Waals surface area contributed by atoms with Crippen LogP contribution in [0, 0.1) is 0 Å². The molecule has 34 heavy (non-hydrogen) atoms. The number of cyclic esters (lactones) is 1. The zero-order valence-electron chi connectivity index (χ0n) is 18.5. The number of H-pyrrole nitrogens is 1. The summed E-state index contributed by atoms with van der Waals surface area (Å²) in [4.78, 5) is 33.0. The third-order valence-corrected chi connectivity index (χ3v) is 6.83. The number of anilines is 1. The Morgan fingerprint density at radius 3 is 2.35 bits per heavy atom. The topological polar surface area (TPSA) is 77.7 Å². The molecule has 7 nitrogen and oxygen atoms in total. The van der Waals surface area contributed by atoms with Crippen LogP contribution in [0.1, 0.15) is 11.1 Å². The van der Waals surface area contributed by atoms with Gasteiger partial charge in [-0.15, -0.1) is 0 Å². The molecule has 7 heteroatoms. The maximum absolute atomic E-state index is 13.3. The van der Waals surface area contributed by atoms with Crippen molar-refractivity contribution in [3.8, 4) is 0 Å². The second kappa shape index (κ2) is 7.95. The number of hydrogen-bond acceptors (Lipinski definition) is 3. The van der Waals surface area contributed by atoms with Crippen LogP contribution in [0.5, 0.6) is 0 Å². The number of amides is 3. The Bertz CT molecular complexity index is 1310. The number of piperazine rings is 1. The highest BCUT2D eigenvalue weighted by Gasteiger charge is 2.58. The van der Waals surface area contributed by atoms with E-state index in [9.17, 15) is 9.59 Å². The molecule has 2 aliphatic heterocycles. The van der Waals surface area contributed by atoms with Crippen molar-refractivity contribution in [1.82, 2.24) is 14.8 Å². The Morgan fingerprint density at radius 2 is 1.65 bits per heavy atom. The fourth-order valence-corrected chi connectivity index (χ4v) is 5.17. The van der Waals surface area contributed by atoms with Crippen molar-refractivity contribution in [2.75, 3.05) is 25.0 Å². The molecular formula is C27H24N4O3. The maximum atomic E-state index is 13.3. The third kappa shape index (κ3) is 3.20. The van der Waals surface area contributed by atoms with E-state index in [1.54, 1.807) is 9.80 Å². The van der Waals surface area contributed by atoms with Crippen LogP contribution in [0.2, 0.25) is 0 Å². The van der Waals surface area contributed by atoms with Crippen LogP contribution in [0.3, 0.4) is 0 Å². The molecule has 3 amide bonds. The van der Waals surface area contributed by atoms with E-state index in [4.69, 9.17) is 4.74 Å². The minimum absolute atomic E-state index is 0.191. The van der Waals surface area contributed by atoms with Gasteiger partial charge in [0.1, 0.15) is 6.04 Å². The number of aromatic amines is 1. The Balaban J connectivity index is 1.33. The molecule has 0 saturated carbocycles.